The van der Waals surface area contributed by atoms with Gasteiger partial charge in [0.15, 0.2) is 0 Å². The molecular weight excluding hydrogens is 388 g/mol. The molecule has 0 aliphatic carbocycles. The highest BCUT2D eigenvalue weighted by Crippen LogP contribution is 2.29. The maximum Gasteiger partial charge on any atom is 0.354 e. The number of nitrogens with zero attached hydrogens (tertiary/aromatic N) is 2. The summed E-state index contributed by atoms with van der Waals surface area (Å²) in [6.45, 7) is 5.48. The van der Waals surface area contributed by atoms with Gasteiger partial charge in [-0.3, -0.25) is 9.78 Å². The molecule has 0 fully saturated rings. The first-order valence-corrected chi connectivity index (χ1v) is 9.11. The Morgan fingerprint density at radius 2 is 2.04 bits per heavy atom. The largest absolute Gasteiger partial charge is 0.489 e. The van der Waals surface area contributed by atoms with Crippen molar-refractivity contribution in [3.63, 3.8) is 0 Å². The van der Waals surface area contributed by atoms with Gasteiger partial charge in [-0.2, -0.15) is 4.98 Å². The van der Waals surface area contributed by atoms with Crippen molar-refractivity contribution in [2.45, 2.75) is 39.8 Å². The number of rotatable bonds is 8. The van der Waals surface area contributed by atoms with Crippen LogP contribution < -0.4 is 21.4 Å². The summed E-state index contributed by atoms with van der Waals surface area (Å²) in [5, 5.41) is 3.21. The van der Waals surface area contributed by atoms with Crippen molar-refractivity contribution in [3.8, 4) is 5.75 Å². The van der Waals surface area contributed by atoms with Gasteiger partial charge in [-0.25, -0.2) is 14.2 Å². The minimum atomic E-state index is -0.728. The number of esters is 1. The molecule has 1 heterocycles. The fourth-order valence-corrected chi connectivity index (χ4v) is 2.63. The smallest absolute Gasteiger partial charge is 0.354 e. The second-order valence-corrected chi connectivity index (χ2v) is 6.88. The highest BCUT2D eigenvalue weighted by Gasteiger charge is 2.15. The molecule has 1 aromatic heterocycles. The molecule has 28 heavy (non-hydrogen) atoms. The molecule has 1 aromatic carbocycles. The lowest BCUT2D eigenvalue weighted by Crippen LogP contribution is -2.38. The Balaban J connectivity index is 2.14. The van der Waals surface area contributed by atoms with Gasteiger partial charge in [0.05, 0.1) is 24.2 Å². The Hall–Kier alpha value is -2.81. The molecule has 1 atom stereocenters. The Morgan fingerprint density at radius 1 is 1.32 bits per heavy atom. The van der Waals surface area contributed by atoms with Gasteiger partial charge < -0.3 is 14.8 Å². The summed E-state index contributed by atoms with van der Waals surface area (Å²) in [5.41, 5.74) is -0.833. The lowest BCUT2D eigenvalue weighted by molar-refractivity contribution is -0.145. The van der Waals surface area contributed by atoms with E-state index in [4.69, 9.17) is 16.3 Å². The topological polar surface area (TPSA) is 115 Å². The molecule has 0 aliphatic heterocycles. The average molecular weight is 411 g/mol. The number of hydrogen-bond acceptors (Lipinski definition) is 7. The number of methoxy groups -OCH3 is 1. The highest BCUT2D eigenvalue weighted by molar-refractivity contribution is 6.32. The predicted molar refractivity (Wildman–Crippen MR) is 105 cm³/mol. The molecule has 0 spiro atoms. The molecule has 0 saturated heterocycles. The van der Waals surface area contributed by atoms with Gasteiger partial charge in [-0.15, -0.1) is 0 Å². The van der Waals surface area contributed by atoms with Gasteiger partial charge >= 0.3 is 17.3 Å². The van der Waals surface area contributed by atoms with Crippen molar-refractivity contribution in [1.29, 1.82) is 0 Å². The van der Waals surface area contributed by atoms with E-state index in [1.807, 2.05) is 13.8 Å². The third-order valence-corrected chi connectivity index (χ3v) is 4.15. The van der Waals surface area contributed by atoms with Crippen LogP contribution in [-0.4, -0.2) is 33.7 Å². The molecule has 2 aromatic rings. The van der Waals surface area contributed by atoms with E-state index in [0.29, 0.717) is 16.5 Å². The van der Waals surface area contributed by atoms with Crippen LogP contribution in [0, 0.1) is 5.92 Å². The molecule has 0 aliphatic rings. The number of carbonyl (C=O) groups is 1. The number of anilines is 2. The predicted octanol–water partition coefficient (Wildman–Crippen LogP) is 2.31. The van der Waals surface area contributed by atoms with E-state index in [0.717, 1.165) is 4.57 Å². The van der Waals surface area contributed by atoms with Gasteiger partial charge in [-0.1, -0.05) is 18.5 Å². The van der Waals surface area contributed by atoms with Crippen LogP contribution in [0.15, 0.2) is 27.8 Å². The first-order valence-electron chi connectivity index (χ1n) is 8.73. The molecule has 10 heteroatoms. The first kappa shape index (κ1) is 21.5. The zero-order chi connectivity index (χ0) is 20.8. The van der Waals surface area contributed by atoms with Crippen molar-refractivity contribution >= 4 is 29.2 Å². The minimum absolute atomic E-state index is 0.0131. The van der Waals surface area contributed by atoms with Crippen LogP contribution in [0.5, 0.6) is 5.75 Å². The van der Waals surface area contributed by atoms with Crippen LogP contribution in [0.1, 0.15) is 27.2 Å². The van der Waals surface area contributed by atoms with Crippen LogP contribution in [-0.2, 0) is 16.1 Å². The number of aromatic amines is 1. The van der Waals surface area contributed by atoms with E-state index in [9.17, 15) is 14.4 Å². The number of hydrogen-bond donors (Lipinski definition) is 2. The lowest BCUT2D eigenvalue weighted by atomic mass is 10.1. The maximum atomic E-state index is 12.2. The van der Waals surface area contributed by atoms with Crippen LogP contribution in [0.3, 0.4) is 0 Å². The van der Waals surface area contributed by atoms with Crippen molar-refractivity contribution < 1.29 is 14.3 Å². The van der Waals surface area contributed by atoms with E-state index in [1.54, 1.807) is 25.1 Å². The van der Waals surface area contributed by atoms with Crippen molar-refractivity contribution in [1.82, 2.24) is 14.5 Å². The highest BCUT2D eigenvalue weighted by atomic mass is 35.5. The second-order valence-electron chi connectivity index (χ2n) is 6.47. The van der Waals surface area contributed by atoms with E-state index in [1.165, 1.54) is 7.11 Å². The molecule has 0 bridgehead atoms. The standard InChI is InChI=1S/C18H23ClN4O5/c1-10(2)28-14-6-5-12(9-13(14)19)20-16-21-17(25)23(18(26)22-16)8-7-11(3)15(24)27-4/h5-6,9-11H,7-8H2,1-4H3,(H2,20,21,22,25,26)/t11-/m0/s1. The molecule has 2 N–H and O–H groups in total. The van der Waals surface area contributed by atoms with E-state index in [2.05, 4.69) is 20.0 Å². The summed E-state index contributed by atoms with van der Waals surface area (Å²) >= 11 is 6.17. The molecule has 0 unspecified atom stereocenters. The Kier molecular flexibility index (Phi) is 7.22. The summed E-state index contributed by atoms with van der Waals surface area (Å²) in [6.07, 6.45) is 0.251. The van der Waals surface area contributed by atoms with Crippen molar-refractivity contribution in [3.05, 3.63) is 44.2 Å². The number of nitrogens with one attached hydrogen (secondary N) is 2. The van der Waals surface area contributed by atoms with Gasteiger partial charge in [0.2, 0.25) is 5.95 Å². The molecular formula is C18H23ClN4O5. The summed E-state index contributed by atoms with van der Waals surface area (Å²) in [7, 11) is 1.29. The summed E-state index contributed by atoms with van der Waals surface area (Å²) in [6, 6.07) is 4.97. The summed E-state index contributed by atoms with van der Waals surface area (Å²) < 4.78 is 11.1. The average Bonchev–Trinajstić information content (AvgIpc) is 2.62. The minimum Gasteiger partial charge on any atom is -0.489 e. The van der Waals surface area contributed by atoms with E-state index >= 15 is 0 Å². The zero-order valence-electron chi connectivity index (χ0n) is 16.1. The SMILES string of the molecule is COC(=O)[C@@H](C)CCn1c(=O)nc(Nc2ccc(OC(C)C)c(Cl)c2)[nH]c1=O. The first-order chi connectivity index (χ1) is 13.2. The van der Waals surface area contributed by atoms with Crippen LogP contribution >= 0.6 is 11.6 Å². The van der Waals surface area contributed by atoms with Crippen molar-refractivity contribution in [2.75, 3.05) is 12.4 Å². The zero-order valence-corrected chi connectivity index (χ0v) is 16.9. The number of benzene rings is 1. The quantitative estimate of drug-likeness (QED) is 0.641. The van der Waals surface area contributed by atoms with Crippen LogP contribution in [0.25, 0.3) is 0 Å². The van der Waals surface area contributed by atoms with Gasteiger partial charge in [-0.05, 0) is 38.5 Å². The van der Waals surface area contributed by atoms with E-state index < -0.39 is 23.3 Å². The monoisotopic (exact) mass is 410 g/mol. The number of aromatic nitrogens is 3. The molecule has 152 valence electrons. The van der Waals surface area contributed by atoms with Crippen molar-refractivity contribution in [2.24, 2.45) is 5.92 Å². The van der Waals surface area contributed by atoms with Gasteiger partial charge in [0, 0.05) is 12.2 Å². The van der Waals surface area contributed by atoms with Gasteiger partial charge in [0.25, 0.3) is 0 Å². The molecule has 0 saturated carbocycles. The maximum absolute atomic E-state index is 12.2. The third-order valence-electron chi connectivity index (χ3n) is 3.86. The fourth-order valence-electron chi connectivity index (χ4n) is 2.40. The normalized spacial score (nSPS) is 11.9. The summed E-state index contributed by atoms with van der Waals surface area (Å²) in [4.78, 5) is 42.1. The number of ether oxygens (including phenoxy) is 2. The summed E-state index contributed by atoms with van der Waals surface area (Å²) in [5.74, 6) is -0.333. The lowest BCUT2D eigenvalue weighted by Gasteiger charge is -2.13. The second kappa shape index (κ2) is 9.41. The van der Waals surface area contributed by atoms with Crippen LogP contribution in [0.2, 0.25) is 5.02 Å². The molecule has 0 radical (unpaired) electrons. The Labute approximate surface area is 166 Å². The number of halogens is 1. The fraction of sp³-hybridized carbons (Fsp3) is 0.444. The number of carbonyl (C=O) groups excluding carboxylic acids is 1. The molecule has 2 rings (SSSR count). The molecule has 0 amide bonds. The van der Waals surface area contributed by atoms with Crippen LogP contribution in [0.4, 0.5) is 11.6 Å². The Morgan fingerprint density at radius 3 is 2.61 bits per heavy atom. The van der Waals surface area contributed by atoms with E-state index in [-0.39, 0.29) is 25.0 Å². The van der Waals surface area contributed by atoms with Gasteiger partial charge in [0.1, 0.15) is 5.75 Å². The Bertz CT molecular complexity index is 922. The number of H-pyrrole nitrogens is 1. The third kappa shape index (κ3) is 5.59. The molecule has 9 nitrogen and oxygen atoms in total.